The molecule has 21 heavy (non-hydrogen) atoms. The van der Waals surface area contributed by atoms with Crippen LogP contribution in [0.2, 0.25) is 0 Å². The van der Waals surface area contributed by atoms with Crippen molar-refractivity contribution in [3.05, 3.63) is 95.8 Å². The molecule has 4 rings (SSSR count). The lowest BCUT2D eigenvalue weighted by atomic mass is 9.86. The summed E-state index contributed by atoms with van der Waals surface area (Å²) in [6, 6.07) is 24.3. The first-order valence-corrected chi connectivity index (χ1v) is 7.17. The van der Waals surface area contributed by atoms with Crippen LogP contribution in [0, 0.1) is 0 Å². The van der Waals surface area contributed by atoms with Gasteiger partial charge in [0, 0.05) is 6.20 Å². The lowest BCUT2D eigenvalue weighted by Gasteiger charge is -2.21. The Morgan fingerprint density at radius 1 is 0.714 bits per heavy atom. The van der Waals surface area contributed by atoms with Crippen molar-refractivity contribution < 1.29 is 4.79 Å². The summed E-state index contributed by atoms with van der Waals surface area (Å²) in [6.45, 7) is 0. The zero-order valence-electron chi connectivity index (χ0n) is 11.5. The molecule has 0 aliphatic carbocycles. The first kappa shape index (κ1) is 12.2. The molecular formula is C19H15NO. The summed E-state index contributed by atoms with van der Waals surface area (Å²) < 4.78 is 2.11. The summed E-state index contributed by atoms with van der Waals surface area (Å²) in [6.07, 6.45) is 2.01. The minimum atomic E-state index is -0.134. The molecule has 0 saturated heterocycles. The average molecular weight is 273 g/mol. The van der Waals surface area contributed by atoms with Crippen LogP contribution in [0.3, 0.4) is 0 Å². The fraction of sp³-hybridized carbons (Fsp3) is 0.105. The molecule has 0 unspecified atom stereocenters. The Labute approximate surface area is 123 Å². The lowest BCUT2D eigenvalue weighted by Crippen LogP contribution is -2.15. The second-order valence-electron chi connectivity index (χ2n) is 5.41. The number of ketones is 1. The van der Waals surface area contributed by atoms with Crippen LogP contribution < -0.4 is 0 Å². The van der Waals surface area contributed by atoms with E-state index in [4.69, 9.17) is 0 Å². The topological polar surface area (TPSA) is 22.0 Å². The quantitative estimate of drug-likeness (QED) is 0.690. The Bertz CT molecular complexity index is 774. The molecule has 0 fully saturated rings. The van der Waals surface area contributed by atoms with Gasteiger partial charge in [-0.05, 0) is 23.3 Å². The SMILES string of the molecule is O=C1c2cccn2[C@H](c2ccccc2)[C@@H]1c1ccccc1. The number of hydrogen-bond acceptors (Lipinski definition) is 1. The monoisotopic (exact) mass is 273 g/mol. The lowest BCUT2D eigenvalue weighted by molar-refractivity contribution is 0.0968. The van der Waals surface area contributed by atoms with Crippen LogP contribution in [0.5, 0.6) is 0 Å². The second kappa shape index (κ2) is 4.74. The maximum absolute atomic E-state index is 12.8. The van der Waals surface area contributed by atoms with Gasteiger partial charge in [-0.15, -0.1) is 0 Å². The van der Waals surface area contributed by atoms with E-state index in [9.17, 15) is 4.79 Å². The van der Waals surface area contributed by atoms with E-state index < -0.39 is 0 Å². The fourth-order valence-electron chi connectivity index (χ4n) is 3.31. The van der Waals surface area contributed by atoms with Gasteiger partial charge in [0.05, 0.1) is 17.7 Å². The summed E-state index contributed by atoms with van der Waals surface area (Å²) in [5, 5.41) is 0. The average Bonchev–Trinajstić information content (AvgIpc) is 3.11. The van der Waals surface area contributed by atoms with E-state index in [1.54, 1.807) is 0 Å². The van der Waals surface area contributed by atoms with Crippen LogP contribution in [0.1, 0.15) is 33.6 Å². The van der Waals surface area contributed by atoms with Gasteiger partial charge in [0.15, 0.2) is 5.78 Å². The highest BCUT2D eigenvalue weighted by Gasteiger charge is 2.40. The van der Waals surface area contributed by atoms with Crippen LogP contribution in [0.4, 0.5) is 0 Å². The summed E-state index contributed by atoms with van der Waals surface area (Å²) in [4.78, 5) is 12.8. The van der Waals surface area contributed by atoms with Crippen molar-refractivity contribution in [2.45, 2.75) is 12.0 Å². The molecule has 0 bridgehead atoms. The smallest absolute Gasteiger partial charge is 0.189 e. The fourth-order valence-corrected chi connectivity index (χ4v) is 3.31. The normalized spacial score (nSPS) is 20.5. The van der Waals surface area contributed by atoms with E-state index in [2.05, 4.69) is 16.7 Å². The van der Waals surface area contributed by atoms with Gasteiger partial charge in [-0.3, -0.25) is 4.79 Å². The number of carbonyl (C=O) groups excluding carboxylic acids is 1. The Balaban J connectivity index is 1.90. The molecule has 2 heteroatoms. The van der Waals surface area contributed by atoms with Crippen LogP contribution in [0.25, 0.3) is 0 Å². The van der Waals surface area contributed by atoms with Gasteiger partial charge in [0.2, 0.25) is 0 Å². The predicted molar refractivity (Wildman–Crippen MR) is 82.5 cm³/mol. The summed E-state index contributed by atoms with van der Waals surface area (Å²) >= 11 is 0. The van der Waals surface area contributed by atoms with Gasteiger partial charge in [0.1, 0.15) is 0 Å². The third-order valence-corrected chi connectivity index (χ3v) is 4.23. The van der Waals surface area contributed by atoms with E-state index in [0.29, 0.717) is 0 Å². The number of hydrogen-bond donors (Lipinski definition) is 0. The molecule has 2 heterocycles. The Kier molecular flexibility index (Phi) is 2.74. The zero-order valence-corrected chi connectivity index (χ0v) is 11.5. The van der Waals surface area contributed by atoms with Crippen LogP contribution in [-0.4, -0.2) is 10.4 Å². The van der Waals surface area contributed by atoms with Crippen molar-refractivity contribution in [3.63, 3.8) is 0 Å². The highest BCUT2D eigenvalue weighted by molar-refractivity contribution is 6.02. The van der Waals surface area contributed by atoms with Gasteiger partial charge in [0.25, 0.3) is 0 Å². The number of rotatable bonds is 2. The van der Waals surface area contributed by atoms with Crippen molar-refractivity contribution in [1.82, 2.24) is 4.57 Å². The molecule has 2 nitrogen and oxygen atoms in total. The molecule has 0 radical (unpaired) electrons. The molecule has 0 amide bonds. The van der Waals surface area contributed by atoms with Crippen molar-refractivity contribution in [3.8, 4) is 0 Å². The third kappa shape index (κ3) is 1.83. The molecule has 0 saturated carbocycles. The largest absolute Gasteiger partial charge is 0.336 e. The van der Waals surface area contributed by atoms with E-state index in [1.807, 2.05) is 66.9 Å². The van der Waals surface area contributed by atoms with Gasteiger partial charge in [-0.1, -0.05) is 60.7 Å². The molecule has 2 aromatic carbocycles. The molecular weight excluding hydrogens is 258 g/mol. The van der Waals surface area contributed by atoms with Crippen LogP contribution >= 0.6 is 0 Å². The molecule has 0 spiro atoms. The molecule has 1 aliphatic heterocycles. The minimum absolute atomic E-state index is 0.0473. The standard InChI is InChI=1S/C19H15NO/c21-19-16-12-7-13-20(16)18(15-10-5-2-6-11-15)17(19)14-8-3-1-4-9-14/h1-13,17-18H/t17-,18+/m0/s1. The maximum atomic E-state index is 12.8. The van der Waals surface area contributed by atoms with Crippen LogP contribution in [-0.2, 0) is 0 Å². The van der Waals surface area contributed by atoms with Crippen molar-refractivity contribution in [2.75, 3.05) is 0 Å². The van der Waals surface area contributed by atoms with Gasteiger partial charge >= 0.3 is 0 Å². The number of fused-ring (bicyclic) bond motifs is 1. The number of benzene rings is 2. The zero-order chi connectivity index (χ0) is 14.2. The Morgan fingerprint density at radius 3 is 2.00 bits per heavy atom. The Hall–Kier alpha value is -2.61. The highest BCUT2D eigenvalue weighted by Crippen LogP contribution is 2.43. The first-order valence-electron chi connectivity index (χ1n) is 7.17. The number of nitrogens with zero attached hydrogens (tertiary/aromatic N) is 1. The highest BCUT2D eigenvalue weighted by atomic mass is 16.1. The van der Waals surface area contributed by atoms with Gasteiger partial charge in [-0.2, -0.15) is 0 Å². The van der Waals surface area contributed by atoms with E-state index in [0.717, 1.165) is 11.3 Å². The third-order valence-electron chi connectivity index (χ3n) is 4.23. The summed E-state index contributed by atoms with van der Waals surface area (Å²) in [5.74, 6) is 0.0739. The number of carbonyl (C=O) groups is 1. The van der Waals surface area contributed by atoms with E-state index >= 15 is 0 Å². The molecule has 0 N–H and O–H groups in total. The molecule has 1 aliphatic rings. The van der Waals surface area contributed by atoms with Crippen molar-refractivity contribution >= 4 is 5.78 Å². The number of aromatic nitrogens is 1. The minimum Gasteiger partial charge on any atom is -0.336 e. The van der Waals surface area contributed by atoms with Crippen molar-refractivity contribution in [1.29, 1.82) is 0 Å². The van der Waals surface area contributed by atoms with Crippen LogP contribution in [0.15, 0.2) is 79.0 Å². The maximum Gasteiger partial charge on any atom is 0.189 e. The molecule has 1 aromatic heterocycles. The molecule has 102 valence electrons. The van der Waals surface area contributed by atoms with Gasteiger partial charge < -0.3 is 4.57 Å². The van der Waals surface area contributed by atoms with E-state index in [1.165, 1.54) is 5.56 Å². The predicted octanol–water partition coefficient (Wildman–Crippen LogP) is 4.06. The summed E-state index contributed by atoms with van der Waals surface area (Å²) in [7, 11) is 0. The van der Waals surface area contributed by atoms with Crippen molar-refractivity contribution in [2.24, 2.45) is 0 Å². The van der Waals surface area contributed by atoms with E-state index in [-0.39, 0.29) is 17.7 Å². The number of Topliss-reactive ketones (excluding diaryl/α,β-unsaturated/α-hetero) is 1. The summed E-state index contributed by atoms with van der Waals surface area (Å²) in [5.41, 5.74) is 3.06. The Morgan fingerprint density at radius 2 is 1.33 bits per heavy atom. The first-order chi connectivity index (χ1) is 10.4. The molecule has 2 atom stereocenters. The molecule has 3 aromatic rings. The second-order valence-corrected chi connectivity index (χ2v) is 5.41. The van der Waals surface area contributed by atoms with Gasteiger partial charge in [-0.25, -0.2) is 0 Å².